The van der Waals surface area contributed by atoms with Crippen LogP contribution in [0, 0.1) is 11.8 Å². The van der Waals surface area contributed by atoms with Gasteiger partial charge in [-0.3, -0.25) is 0 Å². The third-order valence-corrected chi connectivity index (χ3v) is 5.15. The maximum absolute atomic E-state index is 5.50. The Morgan fingerprint density at radius 3 is 2.21 bits per heavy atom. The van der Waals surface area contributed by atoms with Crippen LogP contribution in [0.25, 0.3) is 0 Å². The quantitative estimate of drug-likeness (QED) is 0.743. The first-order valence-corrected chi connectivity index (χ1v) is 10.7. The van der Waals surface area contributed by atoms with Crippen LogP contribution in [0.4, 0.5) is 17.6 Å². The third kappa shape index (κ3) is 5.91. The molecule has 2 N–H and O–H groups in total. The third-order valence-electron chi connectivity index (χ3n) is 4.94. The van der Waals surface area contributed by atoms with Gasteiger partial charge >= 0.3 is 0 Å². The number of thiocarbonyl (C=S) groups is 1. The van der Waals surface area contributed by atoms with Crippen LogP contribution in [0.3, 0.4) is 0 Å². The molecule has 0 radical (unpaired) electrons. The lowest BCUT2D eigenvalue weighted by Crippen LogP contribution is -2.43. The van der Waals surface area contributed by atoms with Gasteiger partial charge in [0, 0.05) is 37.8 Å². The molecule has 7 nitrogen and oxygen atoms in total. The first kappa shape index (κ1) is 21.0. The van der Waals surface area contributed by atoms with Gasteiger partial charge in [0.15, 0.2) is 5.11 Å². The smallest absolute Gasteiger partial charge is 0.232 e. The predicted molar refractivity (Wildman–Crippen MR) is 119 cm³/mol. The average molecular weight is 407 g/mol. The molecule has 0 saturated carbocycles. The lowest BCUT2D eigenvalue weighted by Gasteiger charge is -2.36. The molecule has 0 aliphatic carbocycles. The number of nitrogens with one attached hydrogen (secondary N) is 2. The van der Waals surface area contributed by atoms with Crippen LogP contribution in [0.15, 0.2) is 6.07 Å². The lowest BCUT2D eigenvalue weighted by molar-refractivity contribution is 0.122. The minimum atomic E-state index is -0.119. The van der Waals surface area contributed by atoms with Gasteiger partial charge < -0.3 is 25.2 Å². The van der Waals surface area contributed by atoms with Gasteiger partial charge in [-0.25, -0.2) is 0 Å². The van der Waals surface area contributed by atoms with E-state index in [1.807, 2.05) is 0 Å². The van der Waals surface area contributed by atoms with E-state index in [4.69, 9.17) is 26.9 Å². The summed E-state index contributed by atoms with van der Waals surface area (Å²) in [5, 5.41) is 7.01. The molecule has 0 aromatic carbocycles. The summed E-state index contributed by atoms with van der Waals surface area (Å²) < 4.78 is 5.50. The van der Waals surface area contributed by atoms with E-state index in [1.165, 1.54) is 6.42 Å². The largest absolute Gasteiger partial charge is 0.378 e. The van der Waals surface area contributed by atoms with Crippen molar-refractivity contribution in [2.24, 2.45) is 11.8 Å². The van der Waals surface area contributed by atoms with E-state index in [0.29, 0.717) is 22.9 Å². The van der Waals surface area contributed by atoms with Crippen molar-refractivity contribution in [3.05, 3.63) is 6.07 Å². The lowest BCUT2D eigenvalue weighted by atomic mass is 9.92. The molecule has 28 heavy (non-hydrogen) atoms. The number of ether oxygens (including phenoxy) is 1. The van der Waals surface area contributed by atoms with Gasteiger partial charge in [0.25, 0.3) is 0 Å². The van der Waals surface area contributed by atoms with Crippen molar-refractivity contribution in [1.82, 2.24) is 15.3 Å². The van der Waals surface area contributed by atoms with Crippen molar-refractivity contribution in [1.29, 1.82) is 0 Å². The molecule has 3 heterocycles. The van der Waals surface area contributed by atoms with Crippen LogP contribution in [-0.4, -0.2) is 60.0 Å². The second-order valence-corrected chi connectivity index (χ2v) is 9.60. The molecule has 2 aliphatic rings. The van der Waals surface area contributed by atoms with Gasteiger partial charge in [-0.05, 0) is 51.2 Å². The molecule has 0 bridgehead atoms. The van der Waals surface area contributed by atoms with E-state index in [1.54, 1.807) is 0 Å². The minimum Gasteiger partial charge on any atom is -0.378 e. The highest BCUT2D eigenvalue weighted by Gasteiger charge is 2.25. The monoisotopic (exact) mass is 406 g/mol. The molecule has 3 rings (SSSR count). The zero-order chi connectivity index (χ0) is 20.3. The zero-order valence-electron chi connectivity index (χ0n) is 17.8. The number of aromatic nitrogens is 2. The Hall–Kier alpha value is -1.67. The highest BCUT2D eigenvalue weighted by atomic mass is 32.1. The van der Waals surface area contributed by atoms with Gasteiger partial charge in [-0.15, -0.1) is 0 Å². The zero-order valence-corrected chi connectivity index (χ0v) is 18.6. The molecule has 0 spiro atoms. The Labute approximate surface area is 174 Å². The van der Waals surface area contributed by atoms with Crippen LogP contribution in [0.1, 0.15) is 41.0 Å². The Balaban J connectivity index is 1.86. The summed E-state index contributed by atoms with van der Waals surface area (Å²) in [6.07, 6.45) is 1.27. The van der Waals surface area contributed by atoms with Crippen LogP contribution < -0.4 is 20.4 Å². The summed E-state index contributed by atoms with van der Waals surface area (Å²) in [4.78, 5) is 14.2. The average Bonchev–Trinajstić information content (AvgIpc) is 2.59. The topological polar surface area (TPSA) is 65.6 Å². The number of morpholine rings is 1. The number of nitrogens with zero attached hydrogens (tertiary/aromatic N) is 4. The highest BCUT2D eigenvalue weighted by Crippen LogP contribution is 2.28. The second-order valence-electron chi connectivity index (χ2n) is 9.19. The van der Waals surface area contributed by atoms with E-state index < -0.39 is 0 Å². The molecular formula is C20H34N6OS. The van der Waals surface area contributed by atoms with Crippen LogP contribution >= 0.6 is 12.2 Å². The van der Waals surface area contributed by atoms with E-state index >= 15 is 0 Å². The molecular weight excluding hydrogens is 372 g/mol. The molecule has 0 amide bonds. The molecule has 0 unspecified atom stereocenters. The number of piperidine rings is 1. The summed E-state index contributed by atoms with van der Waals surface area (Å²) >= 11 is 5.47. The standard InChI is InChI=1S/C20H34N6OS/c1-14-10-15(2)13-26(12-14)17-11-16(25-6-8-27-9-7-25)21-18(22-17)23-19(28)24-20(3,4)5/h11,14-15H,6-10,12-13H2,1-5H3,(H2,21,22,23,24,28)/t14-,15-/m0/s1. The SMILES string of the molecule is C[C@H]1C[C@H](C)CN(c2cc(N3CCOCC3)nc(NC(=S)NC(C)(C)C)n2)C1. The highest BCUT2D eigenvalue weighted by molar-refractivity contribution is 7.80. The second kappa shape index (κ2) is 8.78. The molecule has 1 aromatic rings. The van der Waals surface area contributed by atoms with Crippen LogP contribution in [0.5, 0.6) is 0 Å². The van der Waals surface area contributed by atoms with Gasteiger partial charge in [-0.2, -0.15) is 9.97 Å². The fourth-order valence-electron chi connectivity index (χ4n) is 3.92. The summed E-state index contributed by atoms with van der Waals surface area (Å²) in [5.41, 5.74) is -0.119. The first-order valence-electron chi connectivity index (χ1n) is 10.3. The van der Waals surface area contributed by atoms with Crippen molar-refractivity contribution >= 4 is 34.9 Å². The minimum absolute atomic E-state index is 0.119. The van der Waals surface area contributed by atoms with Crippen molar-refractivity contribution < 1.29 is 4.74 Å². The summed E-state index contributed by atoms with van der Waals surface area (Å²) in [6, 6.07) is 2.11. The Morgan fingerprint density at radius 1 is 1.07 bits per heavy atom. The fraction of sp³-hybridized carbons (Fsp3) is 0.750. The van der Waals surface area contributed by atoms with Gasteiger partial charge in [0.1, 0.15) is 11.6 Å². The van der Waals surface area contributed by atoms with Crippen molar-refractivity contribution in [2.75, 3.05) is 54.5 Å². The molecule has 2 aliphatic heterocycles. The number of rotatable bonds is 3. The summed E-state index contributed by atoms with van der Waals surface area (Å²) in [7, 11) is 0. The summed E-state index contributed by atoms with van der Waals surface area (Å²) in [6.45, 7) is 16.0. The fourth-order valence-corrected chi connectivity index (χ4v) is 4.32. The van der Waals surface area contributed by atoms with Gasteiger partial charge in [-0.1, -0.05) is 13.8 Å². The van der Waals surface area contributed by atoms with Crippen molar-refractivity contribution in [3.63, 3.8) is 0 Å². The van der Waals surface area contributed by atoms with E-state index in [9.17, 15) is 0 Å². The Kier molecular flexibility index (Phi) is 6.60. The predicted octanol–water partition coefficient (Wildman–Crippen LogP) is 2.88. The normalized spacial score (nSPS) is 23.5. The van der Waals surface area contributed by atoms with E-state index in [-0.39, 0.29) is 5.54 Å². The molecule has 2 fully saturated rings. The van der Waals surface area contributed by atoms with E-state index in [0.717, 1.165) is 51.0 Å². The number of hydrogen-bond acceptors (Lipinski definition) is 6. The maximum atomic E-state index is 5.50. The first-order chi connectivity index (χ1) is 13.2. The molecule has 156 valence electrons. The number of hydrogen-bond donors (Lipinski definition) is 2. The molecule has 8 heteroatoms. The Morgan fingerprint density at radius 2 is 1.64 bits per heavy atom. The Bertz CT molecular complexity index is 676. The van der Waals surface area contributed by atoms with E-state index in [2.05, 4.69) is 61.1 Å². The molecule has 1 aromatic heterocycles. The van der Waals surface area contributed by atoms with Crippen molar-refractivity contribution in [2.45, 2.75) is 46.6 Å². The van der Waals surface area contributed by atoms with Crippen molar-refractivity contribution in [3.8, 4) is 0 Å². The van der Waals surface area contributed by atoms with Gasteiger partial charge in [0.2, 0.25) is 5.95 Å². The maximum Gasteiger partial charge on any atom is 0.232 e. The number of anilines is 3. The van der Waals surface area contributed by atoms with Gasteiger partial charge in [0.05, 0.1) is 13.2 Å². The van der Waals surface area contributed by atoms with Crippen LogP contribution in [0.2, 0.25) is 0 Å². The van der Waals surface area contributed by atoms with Crippen LogP contribution in [-0.2, 0) is 4.74 Å². The summed E-state index contributed by atoms with van der Waals surface area (Å²) in [5.74, 6) is 3.76. The molecule has 2 saturated heterocycles. The molecule has 2 atom stereocenters.